The Kier molecular flexibility index (Phi) is 13.5. The van der Waals surface area contributed by atoms with Gasteiger partial charge in [0.2, 0.25) is 0 Å². The summed E-state index contributed by atoms with van der Waals surface area (Å²) in [6.07, 6.45) is 2.01. The number of ketones is 1. The molecule has 4 rings (SSSR count). The zero-order chi connectivity index (χ0) is 29.6. The van der Waals surface area contributed by atoms with Gasteiger partial charge < -0.3 is 38.6 Å². The van der Waals surface area contributed by atoms with Crippen molar-refractivity contribution in [3.05, 3.63) is 59.2 Å². The number of nitrogens with one attached hydrogen (secondary N) is 1. The molecule has 9 nitrogen and oxygen atoms in total. The second-order valence-corrected chi connectivity index (χ2v) is 10.9. The van der Waals surface area contributed by atoms with E-state index < -0.39 is 0 Å². The van der Waals surface area contributed by atoms with Crippen LogP contribution in [0.1, 0.15) is 48.8 Å². The van der Waals surface area contributed by atoms with Crippen molar-refractivity contribution in [3.63, 3.8) is 0 Å². The highest BCUT2D eigenvalue weighted by molar-refractivity contribution is 5.79. The molecule has 9 heteroatoms. The number of hydrogen-bond acceptors (Lipinski definition) is 9. The van der Waals surface area contributed by atoms with E-state index in [4.69, 9.17) is 28.4 Å². The average molecular weight is 585 g/mol. The van der Waals surface area contributed by atoms with Crippen LogP contribution in [0.15, 0.2) is 42.5 Å². The van der Waals surface area contributed by atoms with Crippen molar-refractivity contribution in [2.24, 2.45) is 0 Å². The van der Waals surface area contributed by atoms with Gasteiger partial charge in [-0.2, -0.15) is 0 Å². The summed E-state index contributed by atoms with van der Waals surface area (Å²) < 4.78 is 34.9. The van der Waals surface area contributed by atoms with Gasteiger partial charge in [-0.3, -0.25) is 4.79 Å². The average Bonchev–Trinajstić information content (AvgIpc) is 3.03. The predicted molar refractivity (Wildman–Crippen MR) is 162 cm³/mol. The number of ether oxygens (including phenoxy) is 6. The lowest BCUT2D eigenvalue weighted by Gasteiger charge is -2.39. The van der Waals surface area contributed by atoms with Crippen molar-refractivity contribution >= 4 is 11.5 Å². The number of rotatable bonds is 18. The molecule has 0 aliphatic carbocycles. The van der Waals surface area contributed by atoms with Gasteiger partial charge >= 0.3 is 0 Å². The molecule has 1 fully saturated rings. The molecule has 2 aromatic rings. The van der Waals surface area contributed by atoms with Crippen LogP contribution in [0.2, 0.25) is 0 Å². The molecule has 3 atom stereocenters. The molecule has 2 aliphatic rings. The lowest BCUT2D eigenvalue weighted by molar-refractivity contribution is -0.128. The van der Waals surface area contributed by atoms with Crippen molar-refractivity contribution in [1.29, 1.82) is 0 Å². The van der Waals surface area contributed by atoms with Gasteiger partial charge in [0.05, 0.1) is 37.7 Å². The maximum atomic E-state index is 12.1. The molecular weight excluding hydrogens is 536 g/mol. The van der Waals surface area contributed by atoms with Crippen molar-refractivity contribution in [3.8, 4) is 5.75 Å². The molecule has 0 radical (unpaired) electrons. The number of benzene rings is 2. The first-order chi connectivity index (χ1) is 20.6. The Hall–Kier alpha value is -2.53. The Bertz CT molecular complexity index is 1080. The van der Waals surface area contributed by atoms with E-state index in [1.54, 1.807) is 14.2 Å². The van der Waals surface area contributed by atoms with Crippen LogP contribution in [0.3, 0.4) is 0 Å². The zero-order valence-corrected chi connectivity index (χ0v) is 25.5. The second kappa shape index (κ2) is 17.6. The summed E-state index contributed by atoms with van der Waals surface area (Å²) >= 11 is 0. The van der Waals surface area contributed by atoms with Crippen LogP contribution in [0.25, 0.3) is 0 Å². The standard InChI is InChI=1S/C33H48N2O7/c1-4-28(36)24-42-32-21-34-20-31(33(32)27-10-7-25(8-11-27)22-39-17-6-16-38-3)41-23-26-9-12-30-29(19-26)35(14-18-40-30)13-5-15-37-2/h7-12,19,31-34H,4-6,13-18,20-24H2,1-3H3/t31-,32+,33+/m0/s1. The van der Waals surface area contributed by atoms with E-state index >= 15 is 0 Å². The molecule has 0 bridgehead atoms. The normalized spacial score (nSPS) is 20.3. The van der Waals surface area contributed by atoms with Gasteiger partial charge in [-0.05, 0) is 41.7 Å². The van der Waals surface area contributed by atoms with E-state index in [-0.39, 0.29) is 30.5 Å². The number of Topliss-reactive ketones (excluding diaryl/α,β-unsaturated/α-hetero) is 1. The monoisotopic (exact) mass is 584 g/mol. The molecule has 1 saturated heterocycles. The molecule has 2 heterocycles. The fourth-order valence-corrected chi connectivity index (χ4v) is 5.49. The third-order valence-electron chi connectivity index (χ3n) is 7.84. The van der Waals surface area contributed by atoms with E-state index in [9.17, 15) is 4.79 Å². The van der Waals surface area contributed by atoms with Crippen molar-refractivity contribution in [2.75, 3.05) is 78.3 Å². The van der Waals surface area contributed by atoms with Crippen LogP contribution in [-0.4, -0.2) is 91.4 Å². The highest BCUT2D eigenvalue weighted by Crippen LogP contribution is 2.34. The Morgan fingerprint density at radius 1 is 0.929 bits per heavy atom. The summed E-state index contributed by atoms with van der Waals surface area (Å²) in [5.74, 6) is 1.000. The second-order valence-electron chi connectivity index (χ2n) is 10.9. The number of methoxy groups -OCH3 is 2. The van der Waals surface area contributed by atoms with Crippen molar-refractivity contribution in [1.82, 2.24) is 5.32 Å². The van der Waals surface area contributed by atoms with Crippen LogP contribution >= 0.6 is 0 Å². The predicted octanol–water partition coefficient (Wildman–Crippen LogP) is 4.11. The Balaban J connectivity index is 1.45. The lowest BCUT2D eigenvalue weighted by atomic mass is 9.85. The molecule has 2 aromatic carbocycles. The van der Waals surface area contributed by atoms with Gasteiger partial charge in [-0.1, -0.05) is 37.3 Å². The van der Waals surface area contributed by atoms with Gasteiger partial charge in [0.1, 0.15) is 19.0 Å². The van der Waals surface area contributed by atoms with Gasteiger partial charge in [-0.25, -0.2) is 0 Å². The summed E-state index contributed by atoms with van der Waals surface area (Å²) in [4.78, 5) is 14.5. The molecule has 0 spiro atoms. The van der Waals surface area contributed by atoms with E-state index in [1.807, 2.05) is 13.0 Å². The highest BCUT2D eigenvalue weighted by atomic mass is 16.5. The first-order valence-corrected chi connectivity index (χ1v) is 15.2. The fourth-order valence-electron chi connectivity index (χ4n) is 5.49. The molecule has 232 valence electrons. The first-order valence-electron chi connectivity index (χ1n) is 15.2. The molecule has 2 aliphatic heterocycles. The van der Waals surface area contributed by atoms with Gasteiger partial charge in [-0.15, -0.1) is 0 Å². The quantitative estimate of drug-likeness (QED) is 0.260. The minimum absolute atomic E-state index is 0.0147. The fraction of sp³-hybridized carbons (Fsp3) is 0.606. The number of nitrogens with zero attached hydrogens (tertiary/aromatic N) is 1. The van der Waals surface area contributed by atoms with Crippen LogP contribution < -0.4 is 15.0 Å². The molecule has 1 N–H and O–H groups in total. The Morgan fingerprint density at radius 3 is 2.43 bits per heavy atom. The SMILES string of the molecule is CCC(=O)CO[C@@H]1CNC[C@H](OCc2ccc3c(c2)N(CCCOC)CCO3)[C@H]1c1ccc(COCCCOC)cc1. The third kappa shape index (κ3) is 9.49. The smallest absolute Gasteiger partial charge is 0.158 e. The summed E-state index contributed by atoms with van der Waals surface area (Å²) in [5.41, 5.74) is 4.46. The Morgan fingerprint density at radius 2 is 1.67 bits per heavy atom. The third-order valence-corrected chi connectivity index (χ3v) is 7.84. The van der Waals surface area contributed by atoms with E-state index in [1.165, 1.54) is 0 Å². The lowest BCUT2D eigenvalue weighted by Crippen LogP contribution is -2.51. The number of carbonyl (C=O) groups is 1. The molecule has 0 amide bonds. The highest BCUT2D eigenvalue weighted by Gasteiger charge is 2.36. The Labute approximate surface area is 250 Å². The minimum atomic E-state index is -0.177. The number of hydrogen-bond donors (Lipinski definition) is 1. The zero-order valence-electron chi connectivity index (χ0n) is 25.5. The van der Waals surface area contributed by atoms with Crippen molar-refractivity contribution < 1.29 is 33.2 Å². The van der Waals surface area contributed by atoms with E-state index in [0.717, 1.165) is 60.7 Å². The number of piperidine rings is 1. The number of fused-ring (bicyclic) bond motifs is 1. The van der Waals surface area contributed by atoms with E-state index in [0.29, 0.717) is 52.5 Å². The number of anilines is 1. The largest absolute Gasteiger partial charge is 0.490 e. The van der Waals surface area contributed by atoms with Gasteiger partial charge in [0.25, 0.3) is 0 Å². The molecule has 42 heavy (non-hydrogen) atoms. The summed E-state index contributed by atoms with van der Waals surface area (Å²) in [5, 5.41) is 3.47. The van der Waals surface area contributed by atoms with Crippen molar-refractivity contribution in [2.45, 2.75) is 57.5 Å². The molecule has 0 saturated carbocycles. The minimum Gasteiger partial charge on any atom is -0.490 e. The van der Waals surface area contributed by atoms with Crippen LogP contribution in [0.4, 0.5) is 5.69 Å². The van der Waals surface area contributed by atoms with Crippen LogP contribution in [0, 0.1) is 0 Å². The van der Waals surface area contributed by atoms with E-state index in [2.05, 4.69) is 46.6 Å². The number of carbonyl (C=O) groups excluding carboxylic acids is 1. The summed E-state index contributed by atoms with van der Waals surface area (Å²) in [6.45, 7) is 8.95. The van der Waals surface area contributed by atoms with Gasteiger partial charge in [0, 0.05) is 66.0 Å². The molecular formula is C33H48N2O7. The van der Waals surface area contributed by atoms with Crippen LogP contribution in [0.5, 0.6) is 5.75 Å². The van der Waals surface area contributed by atoms with Gasteiger partial charge in [0.15, 0.2) is 5.78 Å². The maximum Gasteiger partial charge on any atom is 0.158 e. The first kappa shape index (κ1) is 32.4. The van der Waals surface area contributed by atoms with Crippen LogP contribution in [-0.2, 0) is 41.7 Å². The summed E-state index contributed by atoms with van der Waals surface area (Å²) in [6, 6.07) is 14.8. The molecule has 0 aromatic heterocycles. The maximum absolute atomic E-state index is 12.1. The topological polar surface area (TPSA) is 87.7 Å². The summed E-state index contributed by atoms with van der Waals surface area (Å²) in [7, 11) is 3.44. The molecule has 0 unspecified atom stereocenters.